The Labute approximate surface area is 116 Å². The molecule has 0 saturated carbocycles. The molecule has 2 aliphatic heterocycles. The molecule has 0 aromatic heterocycles. The van der Waals surface area contributed by atoms with Crippen LogP contribution in [-0.4, -0.2) is 24.3 Å². The standard InChI is InChI=1S/C14H15ClO4/c1-7(14(16)17)6-10-8-2-4-19-13(8)11(15)9-3-5-18-12(9)10/h7H,2-6H2,1H3,(H,16,17). The summed E-state index contributed by atoms with van der Waals surface area (Å²) in [7, 11) is 0. The van der Waals surface area contributed by atoms with Gasteiger partial charge in [0.2, 0.25) is 0 Å². The van der Waals surface area contributed by atoms with Crippen molar-refractivity contribution in [2.45, 2.75) is 26.2 Å². The van der Waals surface area contributed by atoms with Crippen LogP contribution in [0.4, 0.5) is 0 Å². The molecule has 0 bridgehead atoms. The monoisotopic (exact) mass is 282 g/mol. The number of carboxylic acid groups (broad SMARTS) is 1. The quantitative estimate of drug-likeness (QED) is 0.925. The van der Waals surface area contributed by atoms with Crippen molar-refractivity contribution < 1.29 is 19.4 Å². The highest BCUT2D eigenvalue weighted by Gasteiger charge is 2.31. The minimum atomic E-state index is -0.797. The van der Waals surface area contributed by atoms with Gasteiger partial charge in [0.25, 0.3) is 0 Å². The van der Waals surface area contributed by atoms with Gasteiger partial charge in [0.05, 0.1) is 24.2 Å². The fourth-order valence-corrected chi connectivity index (χ4v) is 3.11. The smallest absolute Gasteiger partial charge is 0.306 e. The molecular formula is C14H15ClO4. The molecule has 0 fully saturated rings. The number of halogens is 1. The van der Waals surface area contributed by atoms with Crippen LogP contribution in [0.3, 0.4) is 0 Å². The highest BCUT2D eigenvalue weighted by atomic mass is 35.5. The molecule has 2 aliphatic rings. The first kappa shape index (κ1) is 12.6. The molecule has 19 heavy (non-hydrogen) atoms. The number of ether oxygens (including phenoxy) is 2. The number of carbonyl (C=O) groups is 1. The number of fused-ring (bicyclic) bond motifs is 2. The van der Waals surface area contributed by atoms with E-state index >= 15 is 0 Å². The molecule has 0 spiro atoms. The Morgan fingerprint density at radius 2 is 1.89 bits per heavy atom. The molecule has 1 aromatic carbocycles. The topological polar surface area (TPSA) is 55.8 Å². The van der Waals surface area contributed by atoms with E-state index in [4.69, 9.17) is 26.2 Å². The largest absolute Gasteiger partial charge is 0.493 e. The summed E-state index contributed by atoms with van der Waals surface area (Å²) in [5, 5.41) is 9.74. The zero-order valence-corrected chi connectivity index (χ0v) is 11.4. The Balaban J connectivity index is 2.11. The van der Waals surface area contributed by atoms with E-state index in [1.807, 2.05) is 0 Å². The molecule has 2 heterocycles. The van der Waals surface area contributed by atoms with Crippen LogP contribution in [0.25, 0.3) is 0 Å². The number of aliphatic carboxylic acids is 1. The van der Waals surface area contributed by atoms with Crippen LogP contribution >= 0.6 is 11.6 Å². The van der Waals surface area contributed by atoms with Crippen molar-refractivity contribution in [3.05, 3.63) is 21.7 Å². The molecule has 102 valence electrons. The first-order chi connectivity index (χ1) is 9.09. The lowest BCUT2D eigenvalue weighted by atomic mass is 9.92. The third-order valence-electron chi connectivity index (χ3n) is 3.78. The summed E-state index contributed by atoms with van der Waals surface area (Å²) in [5.41, 5.74) is 2.97. The maximum absolute atomic E-state index is 11.1. The van der Waals surface area contributed by atoms with E-state index in [0.717, 1.165) is 41.0 Å². The van der Waals surface area contributed by atoms with Crippen molar-refractivity contribution in [2.75, 3.05) is 13.2 Å². The molecule has 1 aromatic rings. The Bertz CT molecular complexity index is 518. The van der Waals surface area contributed by atoms with Gasteiger partial charge in [-0.15, -0.1) is 0 Å². The van der Waals surface area contributed by atoms with Gasteiger partial charge >= 0.3 is 5.97 Å². The third kappa shape index (κ3) is 1.94. The first-order valence-electron chi connectivity index (χ1n) is 6.44. The lowest BCUT2D eigenvalue weighted by molar-refractivity contribution is -0.141. The van der Waals surface area contributed by atoms with Gasteiger partial charge in [-0.25, -0.2) is 0 Å². The van der Waals surface area contributed by atoms with Crippen LogP contribution in [0, 0.1) is 5.92 Å². The Morgan fingerprint density at radius 1 is 1.26 bits per heavy atom. The predicted octanol–water partition coefficient (Wildman–Crippen LogP) is 2.47. The van der Waals surface area contributed by atoms with Gasteiger partial charge in [0.15, 0.2) is 0 Å². The summed E-state index contributed by atoms with van der Waals surface area (Å²) in [6.07, 6.45) is 1.99. The van der Waals surface area contributed by atoms with Gasteiger partial charge in [0.1, 0.15) is 11.5 Å². The van der Waals surface area contributed by atoms with Crippen LogP contribution < -0.4 is 9.47 Å². The molecular weight excluding hydrogens is 268 g/mol. The normalized spacial score (nSPS) is 17.4. The van der Waals surface area contributed by atoms with Crippen LogP contribution in [0.1, 0.15) is 23.6 Å². The van der Waals surface area contributed by atoms with Gasteiger partial charge in [0, 0.05) is 29.5 Å². The SMILES string of the molecule is CC(Cc1c2c(c(Cl)c3c1OCC3)OCC2)C(=O)O. The van der Waals surface area contributed by atoms with Crippen molar-refractivity contribution in [1.29, 1.82) is 0 Å². The second kappa shape index (κ2) is 4.60. The third-order valence-corrected chi connectivity index (χ3v) is 4.18. The molecule has 4 nitrogen and oxygen atoms in total. The minimum Gasteiger partial charge on any atom is -0.493 e. The number of hydrogen-bond acceptors (Lipinski definition) is 3. The van der Waals surface area contributed by atoms with Crippen LogP contribution in [0.5, 0.6) is 11.5 Å². The fraction of sp³-hybridized carbons (Fsp3) is 0.500. The van der Waals surface area contributed by atoms with Crippen molar-refractivity contribution in [3.63, 3.8) is 0 Å². The maximum atomic E-state index is 11.1. The summed E-state index contributed by atoms with van der Waals surface area (Å²) in [4.78, 5) is 11.1. The van der Waals surface area contributed by atoms with E-state index in [1.54, 1.807) is 6.92 Å². The highest BCUT2D eigenvalue weighted by Crippen LogP contribution is 2.47. The van der Waals surface area contributed by atoms with Gasteiger partial charge in [-0.05, 0) is 6.42 Å². The second-order valence-electron chi connectivity index (χ2n) is 5.05. The number of carboxylic acids is 1. The van der Waals surface area contributed by atoms with Crippen molar-refractivity contribution in [1.82, 2.24) is 0 Å². The molecule has 5 heteroatoms. The molecule has 1 atom stereocenters. The summed E-state index contributed by atoms with van der Waals surface area (Å²) in [6, 6.07) is 0. The molecule has 1 unspecified atom stereocenters. The molecule has 0 saturated heterocycles. The van der Waals surface area contributed by atoms with Crippen LogP contribution in [0.15, 0.2) is 0 Å². The Morgan fingerprint density at radius 3 is 2.58 bits per heavy atom. The second-order valence-corrected chi connectivity index (χ2v) is 5.43. The number of rotatable bonds is 3. The summed E-state index contributed by atoms with van der Waals surface area (Å²) >= 11 is 6.35. The maximum Gasteiger partial charge on any atom is 0.306 e. The van der Waals surface area contributed by atoms with E-state index < -0.39 is 11.9 Å². The fourth-order valence-electron chi connectivity index (χ4n) is 2.76. The van der Waals surface area contributed by atoms with Gasteiger partial charge in [-0.1, -0.05) is 18.5 Å². The van der Waals surface area contributed by atoms with Crippen LogP contribution in [-0.2, 0) is 24.1 Å². The lowest BCUT2D eigenvalue weighted by Crippen LogP contribution is -2.14. The van der Waals surface area contributed by atoms with E-state index in [-0.39, 0.29) is 0 Å². The summed E-state index contributed by atoms with van der Waals surface area (Å²) in [5.74, 6) is 0.286. The van der Waals surface area contributed by atoms with E-state index in [0.29, 0.717) is 24.7 Å². The highest BCUT2D eigenvalue weighted by molar-refractivity contribution is 6.33. The average molecular weight is 283 g/mol. The van der Waals surface area contributed by atoms with Crippen molar-refractivity contribution >= 4 is 17.6 Å². The predicted molar refractivity (Wildman–Crippen MR) is 70.4 cm³/mol. The van der Waals surface area contributed by atoms with Gasteiger partial charge in [-0.3, -0.25) is 4.79 Å². The van der Waals surface area contributed by atoms with E-state index in [9.17, 15) is 4.79 Å². The average Bonchev–Trinajstić information content (AvgIpc) is 3.02. The molecule has 0 aliphatic carbocycles. The Hall–Kier alpha value is -1.42. The molecule has 3 rings (SSSR count). The number of hydrogen-bond donors (Lipinski definition) is 1. The zero-order valence-electron chi connectivity index (χ0n) is 10.7. The minimum absolute atomic E-state index is 0.445. The Kier molecular flexibility index (Phi) is 3.05. The summed E-state index contributed by atoms with van der Waals surface area (Å²) < 4.78 is 11.3. The van der Waals surface area contributed by atoms with E-state index in [2.05, 4.69) is 0 Å². The number of benzene rings is 1. The van der Waals surface area contributed by atoms with Gasteiger partial charge < -0.3 is 14.6 Å². The molecule has 0 radical (unpaired) electrons. The zero-order chi connectivity index (χ0) is 13.6. The lowest BCUT2D eigenvalue weighted by Gasteiger charge is -2.16. The van der Waals surface area contributed by atoms with Crippen molar-refractivity contribution in [3.8, 4) is 11.5 Å². The van der Waals surface area contributed by atoms with Crippen LogP contribution in [0.2, 0.25) is 5.02 Å². The molecule has 0 amide bonds. The summed E-state index contributed by atoms with van der Waals surface area (Å²) in [6.45, 7) is 2.92. The van der Waals surface area contributed by atoms with E-state index in [1.165, 1.54) is 0 Å². The molecule has 1 N–H and O–H groups in total. The van der Waals surface area contributed by atoms with Crippen molar-refractivity contribution in [2.24, 2.45) is 5.92 Å². The van der Waals surface area contributed by atoms with Gasteiger partial charge in [-0.2, -0.15) is 0 Å². The first-order valence-corrected chi connectivity index (χ1v) is 6.82.